The highest BCUT2D eigenvalue weighted by Gasteiger charge is 2.11. The summed E-state index contributed by atoms with van der Waals surface area (Å²) in [7, 11) is 0. The monoisotopic (exact) mass is 212 g/mol. The van der Waals surface area contributed by atoms with E-state index >= 15 is 0 Å². The van der Waals surface area contributed by atoms with Crippen molar-refractivity contribution in [1.29, 1.82) is 0 Å². The van der Waals surface area contributed by atoms with Gasteiger partial charge in [0.05, 0.1) is 0 Å². The standard InChI is InChI=1S/C13H28N2/c1-3-8-14-11-13(2)12-15-9-6-4-5-7-10-15/h13-14H,3-12H2,1-2H3. The Hall–Kier alpha value is -0.0800. The van der Waals surface area contributed by atoms with Gasteiger partial charge in [0, 0.05) is 6.54 Å². The number of hydrogen-bond donors (Lipinski definition) is 1. The molecule has 0 radical (unpaired) electrons. The minimum Gasteiger partial charge on any atom is -0.316 e. The number of rotatable bonds is 6. The van der Waals surface area contributed by atoms with Crippen LogP contribution in [0.3, 0.4) is 0 Å². The van der Waals surface area contributed by atoms with E-state index in [9.17, 15) is 0 Å². The Labute approximate surface area is 95.4 Å². The molecule has 0 aromatic carbocycles. The largest absolute Gasteiger partial charge is 0.316 e. The third-order valence-corrected chi connectivity index (χ3v) is 3.19. The molecule has 1 N–H and O–H groups in total. The highest BCUT2D eigenvalue weighted by molar-refractivity contribution is 4.67. The molecule has 2 heteroatoms. The molecule has 1 unspecified atom stereocenters. The fourth-order valence-corrected chi connectivity index (χ4v) is 2.35. The number of nitrogens with one attached hydrogen (secondary N) is 1. The van der Waals surface area contributed by atoms with E-state index in [1.165, 1.54) is 64.8 Å². The molecule has 0 spiro atoms. The molecule has 0 aliphatic carbocycles. The van der Waals surface area contributed by atoms with Crippen molar-refractivity contribution in [3.05, 3.63) is 0 Å². The molecule has 15 heavy (non-hydrogen) atoms. The fourth-order valence-electron chi connectivity index (χ4n) is 2.35. The van der Waals surface area contributed by atoms with Gasteiger partial charge in [-0.25, -0.2) is 0 Å². The summed E-state index contributed by atoms with van der Waals surface area (Å²) in [5, 5.41) is 3.51. The zero-order valence-electron chi connectivity index (χ0n) is 10.6. The van der Waals surface area contributed by atoms with E-state index in [1.807, 2.05) is 0 Å². The molecule has 2 nitrogen and oxygen atoms in total. The van der Waals surface area contributed by atoms with Crippen molar-refractivity contribution in [2.24, 2.45) is 5.92 Å². The maximum Gasteiger partial charge on any atom is 0.00191 e. The minimum atomic E-state index is 0.801. The molecule has 1 aliphatic rings. The van der Waals surface area contributed by atoms with E-state index in [4.69, 9.17) is 0 Å². The van der Waals surface area contributed by atoms with E-state index in [0.717, 1.165) is 5.92 Å². The molecule has 0 amide bonds. The zero-order valence-corrected chi connectivity index (χ0v) is 10.6. The predicted octanol–water partition coefficient (Wildman–Crippen LogP) is 2.50. The molecule has 1 saturated heterocycles. The van der Waals surface area contributed by atoms with Gasteiger partial charge in [0.1, 0.15) is 0 Å². The highest BCUT2D eigenvalue weighted by atomic mass is 15.1. The third kappa shape index (κ3) is 6.16. The van der Waals surface area contributed by atoms with Crippen LogP contribution in [-0.4, -0.2) is 37.6 Å². The van der Waals surface area contributed by atoms with E-state index < -0.39 is 0 Å². The Morgan fingerprint density at radius 1 is 1.13 bits per heavy atom. The molecule has 0 aromatic heterocycles. The average Bonchev–Trinajstić information content (AvgIpc) is 2.47. The van der Waals surface area contributed by atoms with Gasteiger partial charge in [-0.1, -0.05) is 26.7 Å². The molecular formula is C13H28N2. The van der Waals surface area contributed by atoms with Crippen LogP contribution < -0.4 is 5.32 Å². The van der Waals surface area contributed by atoms with Crippen molar-refractivity contribution in [2.75, 3.05) is 32.7 Å². The Morgan fingerprint density at radius 3 is 2.40 bits per heavy atom. The van der Waals surface area contributed by atoms with E-state index in [1.54, 1.807) is 0 Å². The van der Waals surface area contributed by atoms with Crippen LogP contribution in [0.4, 0.5) is 0 Å². The summed E-state index contributed by atoms with van der Waals surface area (Å²) in [5.41, 5.74) is 0. The molecule has 1 aliphatic heterocycles. The lowest BCUT2D eigenvalue weighted by atomic mass is 10.1. The lowest BCUT2D eigenvalue weighted by Crippen LogP contribution is -2.34. The van der Waals surface area contributed by atoms with Gasteiger partial charge < -0.3 is 10.2 Å². The van der Waals surface area contributed by atoms with E-state index in [-0.39, 0.29) is 0 Å². The first-order valence-corrected chi connectivity index (χ1v) is 6.76. The molecule has 1 atom stereocenters. The van der Waals surface area contributed by atoms with Crippen LogP contribution in [0.2, 0.25) is 0 Å². The quantitative estimate of drug-likeness (QED) is 0.681. The minimum absolute atomic E-state index is 0.801. The van der Waals surface area contributed by atoms with Gasteiger partial charge in [-0.15, -0.1) is 0 Å². The molecular weight excluding hydrogens is 184 g/mol. The summed E-state index contributed by atoms with van der Waals surface area (Å²) in [4.78, 5) is 2.66. The Balaban J connectivity index is 2.09. The predicted molar refractivity (Wildman–Crippen MR) is 67.2 cm³/mol. The number of nitrogens with zero attached hydrogens (tertiary/aromatic N) is 1. The number of likely N-dealkylation sites (tertiary alicyclic amines) is 1. The second-order valence-electron chi connectivity index (χ2n) is 5.02. The summed E-state index contributed by atoms with van der Waals surface area (Å²) in [6.45, 7) is 10.9. The lowest BCUT2D eigenvalue weighted by Gasteiger charge is -2.24. The van der Waals surface area contributed by atoms with Gasteiger partial charge >= 0.3 is 0 Å². The van der Waals surface area contributed by atoms with E-state index in [0.29, 0.717) is 0 Å². The highest BCUT2D eigenvalue weighted by Crippen LogP contribution is 2.11. The second kappa shape index (κ2) is 8.12. The van der Waals surface area contributed by atoms with Crippen molar-refractivity contribution < 1.29 is 0 Å². The molecule has 0 aromatic rings. The molecule has 90 valence electrons. The summed E-state index contributed by atoms with van der Waals surface area (Å²) in [6.07, 6.45) is 6.96. The van der Waals surface area contributed by atoms with Gasteiger partial charge in [0.15, 0.2) is 0 Å². The normalized spacial score (nSPS) is 21.2. The summed E-state index contributed by atoms with van der Waals surface area (Å²) in [5.74, 6) is 0.801. The van der Waals surface area contributed by atoms with Crippen molar-refractivity contribution in [2.45, 2.75) is 46.0 Å². The topological polar surface area (TPSA) is 15.3 Å². The van der Waals surface area contributed by atoms with Crippen molar-refractivity contribution in [3.8, 4) is 0 Å². The average molecular weight is 212 g/mol. The SMILES string of the molecule is CCCNCC(C)CN1CCCCCC1. The lowest BCUT2D eigenvalue weighted by molar-refractivity contribution is 0.243. The Morgan fingerprint density at radius 2 is 1.80 bits per heavy atom. The van der Waals surface area contributed by atoms with Gasteiger partial charge in [-0.05, 0) is 51.4 Å². The van der Waals surface area contributed by atoms with Crippen molar-refractivity contribution in [1.82, 2.24) is 10.2 Å². The molecule has 1 heterocycles. The van der Waals surface area contributed by atoms with Crippen LogP contribution >= 0.6 is 0 Å². The first-order valence-electron chi connectivity index (χ1n) is 6.76. The smallest absolute Gasteiger partial charge is 0.00191 e. The van der Waals surface area contributed by atoms with Crippen molar-refractivity contribution >= 4 is 0 Å². The molecule has 0 bridgehead atoms. The van der Waals surface area contributed by atoms with Gasteiger partial charge in [0.25, 0.3) is 0 Å². The van der Waals surface area contributed by atoms with Crippen LogP contribution in [-0.2, 0) is 0 Å². The van der Waals surface area contributed by atoms with Crippen LogP contribution in [0.5, 0.6) is 0 Å². The molecule has 1 fully saturated rings. The fraction of sp³-hybridized carbons (Fsp3) is 1.00. The molecule has 1 rings (SSSR count). The Bertz CT molecular complexity index is 139. The van der Waals surface area contributed by atoms with Gasteiger partial charge in [-0.3, -0.25) is 0 Å². The van der Waals surface area contributed by atoms with E-state index in [2.05, 4.69) is 24.1 Å². The molecule has 0 saturated carbocycles. The Kier molecular flexibility index (Phi) is 7.03. The maximum absolute atomic E-state index is 3.51. The van der Waals surface area contributed by atoms with Crippen LogP contribution in [0, 0.1) is 5.92 Å². The van der Waals surface area contributed by atoms with Crippen LogP contribution in [0.1, 0.15) is 46.0 Å². The summed E-state index contributed by atoms with van der Waals surface area (Å²) < 4.78 is 0. The first kappa shape index (κ1) is 13.0. The maximum atomic E-state index is 3.51. The summed E-state index contributed by atoms with van der Waals surface area (Å²) in [6, 6.07) is 0. The second-order valence-corrected chi connectivity index (χ2v) is 5.02. The zero-order chi connectivity index (χ0) is 10.9. The van der Waals surface area contributed by atoms with Crippen molar-refractivity contribution in [3.63, 3.8) is 0 Å². The third-order valence-electron chi connectivity index (χ3n) is 3.19. The number of hydrogen-bond acceptors (Lipinski definition) is 2. The van der Waals surface area contributed by atoms with Crippen LogP contribution in [0.25, 0.3) is 0 Å². The van der Waals surface area contributed by atoms with Gasteiger partial charge in [0.2, 0.25) is 0 Å². The summed E-state index contributed by atoms with van der Waals surface area (Å²) >= 11 is 0. The van der Waals surface area contributed by atoms with Crippen LogP contribution in [0.15, 0.2) is 0 Å². The van der Waals surface area contributed by atoms with Gasteiger partial charge in [-0.2, -0.15) is 0 Å². The first-order chi connectivity index (χ1) is 7.33.